The minimum absolute atomic E-state index is 0.186. The zero-order valence-corrected chi connectivity index (χ0v) is 10.6. The van der Waals surface area contributed by atoms with E-state index in [0.717, 1.165) is 38.5 Å². The fraction of sp³-hybridized carbons (Fsp3) is 0.909. The van der Waals surface area contributed by atoms with Crippen LogP contribution in [0.2, 0.25) is 0 Å². The van der Waals surface area contributed by atoms with Crippen LogP contribution in [-0.2, 0) is 9.53 Å². The van der Waals surface area contributed by atoms with Gasteiger partial charge in [0.1, 0.15) is 0 Å². The molecule has 1 aliphatic rings. The van der Waals surface area contributed by atoms with E-state index in [1.165, 1.54) is 18.7 Å². The number of nitrogens with two attached hydrogens (primary N) is 1. The predicted molar refractivity (Wildman–Crippen MR) is 67.6 cm³/mol. The molecule has 0 bridgehead atoms. The molecule has 1 heterocycles. The number of ether oxygens (including phenoxy) is 1. The van der Waals surface area contributed by atoms with Crippen molar-refractivity contribution in [1.29, 1.82) is 0 Å². The number of rotatable bonds is 8. The Kier molecular flexibility index (Phi) is 7.63. The van der Waals surface area contributed by atoms with Gasteiger partial charge >= 0.3 is 0 Å². The Morgan fingerprint density at radius 2 is 1.94 bits per heavy atom. The summed E-state index contributed by atoms with van der Waals surface area (Å²) in [5.41, 5.74) is 5.06. The van der Waals surface area contributed by atoms with Gasteiger partial charge in [0.25, 0.3) is 0 Å². The van der Waals surface area contributed by atoms with Crippen molar-refractivity contribution in [2.75, 3.05) is 44.4 Å². The maximum atomic E-state index is 10.5. The molecule has 0 aliphatic carbocycles. The SMILES string of the molecule is NC(=O)CCCSCCCN1CCOCC1. The minimum atomic E-state index is -0.186. The Morgan fingerprint density at radius 1 is 1.25 bits per heavy atom. The molecule has 4 nitrogen and oxygen atoms in total. The van der Waals surface area contributed by atoms with E-state index in [4.69, 9.17) is 10.5 Å². The van der Waals surface area contributed by atoms with E-state index in [1.807, 2.05) is 11.8 Å². The minimum Gasteiger partial charge on any atom is -0.379 e. The molecular weight excluding hydrogens is 224 g/mol. The number of carbonyl (C=O) groups excluding carboxylic acids is 1. The van der Waals surface area contributed by atoms with Gasteiger partial charge < -0.3 is 10.5 Å². The molecule has 0 aromatic carbocycles. The highest BCUT2D eigenvalue weighted by Crippen LogP contribution is 2.07. The number of primary amides is 1. The molecule has 0 unspecified atom stereocenters. The molecule has 2 N–H and O–H groups in total. The van der Waals surface area contributed by atoms with Crippen LogP contribution in [0.25, 0.3) is 0 Å². The van der Waals surface area contributed by atoms with Crippen LogP contribution in [0.3, 0.4) is 0 Å². The highest BCUT2D eigenvalue weighted by atomic mass is 32.2. The first-order valence-electron chi connectivity index (χ1n) is 5.95. The van der Waals surface area contributed by atoms with Crippen molar-refractivity contribution >= 4 is 17.7 Å². The molecule has 16 heavy (non-hydrogen) atoms. The summed E-state index contributed by atoms with van der Waals surface area (Å²) in [4.78, 5) is 12.9. The van der Waals surface area contributed by atoms with Crippen LogP contribution >= 0.6 is 11.8 Å². The summed E-state index contributed by atoms with van der Waals surface area (Å²) < 4.78 is 5.29. The quantitative estimate of drug-likeness (QED) is 0.641. The molecule has 1 aliphatic heterocycles. The number of thioether (sulfide) groups is 1. The van der Waals surface area contributed by atoms with E-state index in [0.29, 0.717) is 6.42 Å². The summed E-state index contributed by atoms with van der Waals surface area (Å²) in [6.07, 6.45) is 2.66. The normalized spacial score (nSPS) is 17.5. The van der Waals surface area contributed by atoms with Crippen molar-refractivity contribution in [1.82, 2.24) is 4.90 Å². The van der Waals surface area contributed by atoms with Crippen LogP contribution < -0.4 is 5.73 Å². The van der Waals surface area contributed by atoms with Crippen molar-refractivity contribution in [3.05, 3.63) is 0 Å². The van der Waals surface area contributed by atoms with Gasteiger partial charge in [-0.25, -0.2) is 0 Å². The van der Waals surface area contributed by atoms with Gasteiger partial charge in [0.15, 0.2) is 0 Å². The Balaban J connectivity index is 1.82. The third kappa shape index (κ3) is 7.09. The first-order chi connectivity index (χ1) is 7.79. The summed E-state index contributed by atoms with van der Waals surface area (Å²) in [7, 11) is 0. The number of carbonyl (C=O) groups is 1. The Morgan fingerprint density at radius 3 is 2.62 bits per heavy atom. The van der Waals surface area contributed by atoms with Gasteiger partial charge in [-0.2, -0.15) is 11.8 Å². The molecule has 0 spiro atoms. The fourth-order valence-corrected chi connectivity index (χ4v) is 2.55. The van der Waals surface area contributed by atoms with Gasteiger partial charge in [-0.3, -0.25) is 9.69 Å². The standard InChI is InChI=1S/C11H22N2O2S/c12-11(14)3-1-9-16-10-2-4-13-5-7-15-8-6-13/h1-10H2,(H2,12,14). The molecule has 0 atom stereocenters. The number of hydrogen-bond acceptors (Lipinski definition) is 4. The predicted octanol–water partition coefficient (Wildman–Crippen LogP) is 0.707. The van der Waals surface area contributed by atoms with Gasteiger partial charge in [-0.05, 0) is 30.9 Å². The molecule has 94 valence electrons. The van der Waals surface area contributed by atoms with E-state index in [1.54, 1.807) is 0 Å². The zero-order valence-electron chi connectivity index (χ0n) is 9.82. The van der Waals surface area contributed by atoms with Crippen LogP contribution in [0.1, 0.15) is 19.3 Å². The average Bonchev–Trinajstić information content (AvgIpc) is 2.29. The van der Waals surface area contributed by atoms with Crippen molar-refractivity contribution in [2.45, 2.75) is 19.3 Å². The van der Waals surface area contributed by atoms with E-state index in [9.17, 15) is 4.79 Å². The first kappa shape index (κ1) is 13.8. The van der Waals surface area contributed by atoms with Gasteiger partial charge in [0.05, 0.1) is 13.2 Å². The van der Waals surface area contributed by atoms with Crippen molar-refractivity contribution in [3.8, 4) is 0 Å². The molecule has 1 saturated heterocycles. The number of amides is 1. The molecular formula is C11H22N2O2S. The molecule has 1 amide bonds. The summed E-state index contributed by atoms with van der Waals surface area (Å²) in [5, 5.41) is 0. The first-order valence-corrected chi connectivity index (χ1v) is 7.10. The van der Waals surface area contributed by atoms with Crippen molar-refractivity contribution in [2.24, 2.45) is 5.73 Å². The van der Waals surface area contributed by atoms with Crippen molar-refractivity contribution in [3.63, 3.8) is 0 Å². The second-order valence-corrected chi connectivity index (χ2v) is 5.21. The maximum Gasteiger partial charge on any atom is 0.217 e. The van der Waals surface area contributed by atoms with E-state index in [2.05, 4.69) is 4.90 Å². The van der Waals surface area contributed by atoms with Gasteiger partial charge in [0, 0.05) is 19.5 Å². The maximum absolute atomic E-state index is 10.5. The van der Waals surface area contributed by atoms with Crippen LogP contribution in [0.4, 0.5) is 0 Å². The molecule has 0 aromatic rings. The third-order valence-electron chi connectivity index (χ3n) is 2.58. The third-order valence-corrected chi connectivity index (χ3v) is 3.73. The Bertz CT molecular complexity index is 196. The topological polar surface area (TPSA) is 55.6 Å². The van der Waals surface area contributed by atoms with Gasteiger partial charge in [-0.15, -0.1) is 0 Å². The lowest BCUT2D eigenvalue weighted by atomic mass is 10.3. The summed E-state index contributed by atoms with van der Waals surface area (Å²) >= 11 is 1.92. The molecule has 0 saturated carbocycles. The van der Waals surface area contributed by atoms with E-state index >= 15 is 0 Å². The summed E-state index contributed by atoms with van der Waals surface area (Å²) in [6, 6.07) is 0. The number of morpholine rings is 1. The Labute approximate surface area is 102 Å². The molecule has 0 aromatic heterocycles. The number of nitrogens with zero attached hydrogens (tertiary/aromatic N) is 1. The molecule has 1 rings (SSSR count). The smallest absolute Gasteiger partial charge is 0.217 e. The average molecular weight is 246 g/mol. The van der Waals surface area contributed by atoms with E-state index < -0.39 is 0 Å². The lowest BCUT2D eigenvalue weighted by Crippen LogP contribution is -2.36. The summed E-state index contributed by atoms with van der Waals surface area (Å²) in [6.45, 7) is 5.09. The molecule has 5 heteroatoms. The van der Waals surface area contributed by atoms with Crippen molar-refractivity contribution < 1.29 is 9.53 Å². The largest absolute Gasteiger partial charge is 0.379 e. The second-order valence-electron chi connectivity index (χ2n) is 3.99. The van der Waals surface area contributed by atoms with Gasteiger partial charge in [-0.1, -0.05) is 0 Å². The molecule has 1 fully saturated rings. The van der Waals surface area contributed by atoms with Crippen LogP contribution in [-0.4, -0.2) is 55.2 Å². The second kappa shape index (κ2) is 8.84. The number of hydrogen-bond donors (Lipinski definition) is 1. The highest BCUT2D eigenvalue weighted by molar-refractivity contribution is 7.99. The van der Waals surface area contributed by atoms with Crippen LogP contribution in [0.5, 0.6) is 0 Å². The molecule has 0 radical (unpaired) electrons. The lowest BCUT2D eigenvalue weighted by molar-refractivity contribution is -0.118. The van der Waals surface area contributed by atoms with Gasteiger partial charge in [0.2, 0.25) is 5.91 Å². The summed E-state index contributed by atoms with van der Waals surface area (Å²) in [5.74, 6) is 2.04. The van der Waals surface area contributed by atoms with Crippen LogP contribution in [0.15, 0.2) is 0 Å². The fourth-order valence-electron chi connectivity index (χ4n) is 1.67. The monoisotopic (exact) mass is 246 g/mol. The van der Waals surface area contributed by atoms with E-state index in [-0.39, 0.29) is 5.91 Å². The Hall–Kier alpha value is -0.260. The lowest BCUT2D eigenvalue weighted by Gasteiger charge is -2.26. The highest BCUT2D eigenvalue weighted by Gasteiger charge is 2.08. The van der Waals surface area contributed by atoms with Crippen LogP contribution in [0, 0.1) is 0 Å². The zero-order chi connectivity index (χ0) is 11.6.